The summed E-state index contributed by atoms with van der Waals surface area (Å²) < 4.78 is 6.74. The molecule has 0 aromatic carbocycles. The van der Waals surface area contributed by atoms with Gasteiger partial charge in [0.05, 0.1) is 6.61 Å². The Balaban J connectivity index is 2.72. The van der Waals surface area contributed by atoms with Crippen molar-refractivity contribution >= 4 is 0 Å². The fraction of sp³-hybridized carbons (Fsp3) is 0.556. The second-order valence-corrected chi connectivity index (χ2v) is 2.81. The summed E-state index contributed by atoms with van der Waals surface area (Å²) >= 11 is 0. The molecule has 0 aliphatic rings. The molecule has 1 rings (SSSR count). The molecule has 0 spiro atoms. The standard InChI is InChI=1S/C9H15N3O2/c1-2-12-6-5-11-8(9(12)13)14-7-3-4-10/h5-6H,2-4,7,10H2,1H3. The van der Waals surface area contributed by atoms with Crippen LogP contribution >= 0.6 is 0 Å². The van der Waals surface area contributed by atoms with Gasteiger partial charge in [0, 0.05) is 18.9 Å². The van der Waals surface area contributed by atoms with Crippen molar-refractivity contribution in [1.82, 2.24) is 9.55 Å². The van der Waals surface area contributed by atoms with E-state index in [1.165, 1.54) is 0 Å². The SMILES string of the molecule is CCn1ccnc(OCCCN)c1=O. The Bertz CT molecular complexity index is 335. The Morgan fingerprint density at radius 3 is 3.07 bits per heavy atom. The van der Waals surface area contributed by atoms with Gasteiger partial charge in [0.25, 0.3) is 5.88 Å². The lowest BCUT2D eigenvalue weighted by Crippen LogP contribution is -2.22. The van der Waals surface area contributed by atoms with Crippen molar-refractivity contribution in [2.45, 2.75) is 19.9 Å². The number of aromatic nitrogens is 2. The Labute approximate surface area is 82.5 Å². The average molecular weight is 197 g/mol. The third-order valence-electron chi connectivity index (χ3n) is 1.81. The van der Waals surface area contributed by atoms with Crippen LogP contribution in [0.1, 0.15) is 13.3 Å². The van der Waals surface area contributed by atoms with E-state index in [9.17, 15) is 4.79 Å². The number of rotatable bonds is 5. The number of hydrogen-bond donors (Lipinski definition) is 1. The van der Waals surface area contributed by atoms with Gasteiger partial charge in [-0.3, -0.25) is 4.79 Å². The van der Waals surface area contributed by atoms with Gasteiger partial charge >= 0.3 is 5.56 Å². The minimum absolute atomic E-state index is 0.155. The first-order valence-electron chi connectivity index (χ1n) is 4.68. The van der Waals surface area contributed by atoms with Crippen LogP contribution in [-0.2, 0) is 6.54 Å². The first kappa shape index (κ1) is 10.7. The van der Waals surface area contributed by atoms with E-state index < -0.39 is 0 Å². The largest absolute Gasteiger partial charge is 0.474 e. The summed E-state index contributed by atoms with van der Waals surface area (Å²) in [6.07, 6.45) is 3.92. The van der Waals surface area contributed by atoms with Crippen LogP contribution in [0.4, 0.5) is 0 Å². The zero-order chi connectivity index (χ0) is 10.4. The Morgan fingerprint density at radius 2 is 2.43 bits per heavy atom. The fourth-order valence-corrected chi connectivity index (χ4v) is 1.03. The predicted octanol–water partition coefficient (Wildman–Crippen LogP) is -0.00920. The Morgan fingerprint density at radius 1 is 1.64 bits per heavy atom. The first-order valence-corrected chi connectivity index (χ1v) is 4.68. The second kappa shape index (κ2) is 5.39. The Kier molecular flexibility index (Phi) is 4.12. The van der Waals surface area contributed by atoms with Gasteiger partial charge in [-0.15, -0.1) is 0 Å². The highest BCUT2D eigenvalue weighted by Crippen LogP contribution is 1.96. The van der Waals surface area contributed by atoms with E-state index in [2.05, 4.69) is 4.98 Å². The summed E-state index contributed by atoms with van der Waals surface area (Å²) in [5.41, 5.74) is 5.12. The molecule has 0 aliphatic carbocycles. The van der Waals surface area contributed by atoms with Gasteiger partial charge < -0.3 is 15.0 Å². The van der Waals surface area contributed by atoms with Crippen LogP contribution in [0.15, 0.2) is 17.2 Å². The van der Waals surface area contributed by atoms with E-state index in [4.69, 9.17) is 10.5 Å². The molecule has 0 saturated heterocycles. The molecule has 0 radical (unpaired) electrons. The summed E-state index contributed by atoms with van der Waals surface area (Å²) in [7, 11) is 0. The quantitative estimate of drug-likeness (QED) is 0.674. The average Bonchev–Trinajstić information content (AvgIpc) is 2.21. The molecular formula is C9H15N3O2. The molecule has 1 aromatic heterocycles. The summed E-state index contributed by atoms with van der Waals surface area (Å²) in [5.74, 6) is 0.155. The van der Waals surface area contributed by atoms with E-state index in [1.807, 2.05) is 6.92 Å². The van der Waals surface area contributed by atoms with E-state index in [0.29, 0.717) is 19.7 Å². The van der Waals surface area contributed by atoms with Gasteiger partial charge in [-0.1, -0.05) is 0 Å². The Hall–Kier alpha value is -1.36. The third kappa shape index (κ3) is 2.56. The van der Waals surface area contributed by atoms with E-state index in [0.717, 1.165) is 6.42 Å². The molecule has 0 atom stereocenters. The molecular weight excluding hydrogens is 182 g/mol. The number of aryl methyl sites for hydroxylation is 1. The number of ether oxygens (including phenoxy) is 1. The normalized spacial score (nSPS) is 10.1. The van der Waals surface area contributed by atoms with Crippen LogP contribution in [0.25, 0.3) is 0 Å². The van der Waals surface area contributed by atoms with Crippen molar-refractivity contribution in [3.63, 3.8) is 0 Å². The van der Waals surface area contributed by atoms with Crippen LogP contribution in [0, 0.1) is 0 Å². The highest BCUT2D eigenvalue weighted by Gasteiger charge is 2.03. The van der Waals surface area contributed by atoms with E-state index in [1.54, 1.807) is 17.0 Å². The molecule has 5 heteroatoms. The van der Waals surface area contributed by atoms with Gasteiger partial charge in [-0.25, -0.2) is 4.98 Å². The first-order chi connectivity index (χ1) is 6.79. The molecule has 1 aromatic rings. The summed E-state index contributed by atoms with van der Waals surface area (Å²) in [5, 5.41) is 0. The highest BCUT2D eigenvalue weighted by atomic mass is 16.5. The minimum atomic E-state index is -0.188. The lowest BCUT2D eigenvalue weighted by Gasteiger charge is -2.05. The van der Waals surface area contributed by atoms with Crippen LogP contribution in [0.2, 0.25) is 0 Å². The van der Waals surface area contributed by atoms with Crippen molar-refractivity contribution in [2.75, 3.05) is 13.2 Å². The van der Waals surface area contributed by atoms with E-state index in [-0.39, 0.29) is 11.4 Å². The molecule has 5 nitrogen and oxygen atoms in total. The maximum absolute atomic E-state index is 11.5. The summed E-state index contributed by atoms with van der Waals surface area (Å²) in [6, 6.07) is 0. The summed E-state index contributed by atoms with van der Waals surface area (Å²) in [6.45, 7) is 3.50. The van der Waals surface area contributed by atoms with Crippen LogP contribution in [0.3, 0.4) is 0 Å². The molecule has 78 valence electrons. The molecule has 2 N–H and O–H groups in total. The van der Waals surface area contributed by atoms with Crippen LogP contribution < -0.4 is 16.0 Å². The number of nitrogens with two attached hydrogens (primary N) is 1. The van der Waals surface area contributed by atoms with Crippen LogP contribution in [-0.4, -0.2) is 22.7 Å². The van der Waals surface area contributed by atoms with Gasteiger partial charge in [0.2, 0.25) is 0 Å². The highest BCUT2D eigenvalue weighted by molar-refractivity contribution is 5.04. The van der Waals surface area contributed by atoms with E-state index >= 15 is 0 Å². The lowest BCUT2D eigenvalue weighted by molar-refractivity contribution is 0.294. The molecule has 0 unspecified atom stereocenters. The molecule has 0 amide bonds. The zero-order valence-corrected chi connectivity index (χ0v) is 8.27. The van der Waals surface area contributed by atoms with Crippen LogP contribution in [0.5, 0.6) is 5.88 Å². The van der Waals surface area contributed by atoms with Gasteiger partial charge in [0.1, 0.15) is 0 Å². The lowest BCUT2D eigenvalue weighted by atomic mass is 10.5. The maximum Gasteiger partial charge on any atom is 0.313 e. The fourth-order valence-electron chi connectivity index (χ4n) is 1.03. The smallest absolute Gasteiger partial charge is 0.313 e. The third-order valence-corrected chi connectivity index (χ3v) is 1.81. The van der Waals surface area contributed by atoms with Crippen molar-refractivity contribution in [2.24, 2.45) is 5.73 Å². The van der Waals surface area contributed by atoms with Crippen molar-refractivity contribution in [3.05, 3.63) is 22.7 Å². The molecule has 14 heavy (non-hydrogen) atoms. The van der Waals surface area contributed by atoms with Crippen molar-refractivity contribution < 1.29 is 4.74 Å². The second-order valence-electron chi connectivity index (χ2n) is 2.81. The molecule has 0 saturated carbocycles. The molecule has 0 fully saturated rings. The number of nitrogens with zero attached hydrogens (tertiary/aromatic N) is 2. The van der Waals surface area contributed by atoms with Gasteiger partial charge in [-0.05, 0) is 19.9 Å². The topological polar surface area (TPSA) is 70.1 Å². The van der Waals surface area contributed by atoms with Gasteiger partial charge in [-0.2, -0.15) is 0 Å². The molecule has 0 aliphatic heterocycles. The minimum Gasteiger partial charge on any atom is -0.474 e. The van der Waals surface area contributed by atoms with Gasteiger partial charge in [0.15, 0.2) is 0 Å². The monoisotopic (exact) mass is 197 g/mol. The van der Waals surface area contributed by atoms with Crippen molar-refractivity contribution in [1.29, 1.82) is 0 Å². The maximum atomic E-state index is 11.5. The van der Waals surface area contributed by atoms with Crippen molar-refractivity contribution in [3.8, 4) is 5.88 Å². The zero-order valence-electron chi connectivity index (χ0n) is 8.27. The number of hydrogen-bond acceptors (Lipinski definition) is 4. The molecule has 0 bridgehead atoms. The predicted molar refractivity (Wildman–Crippen MR) is 53.3 cm³/mol. The molecule has 1 heterocycles. The summed E-state index contributed by atoms with van der Waals surface area (Å²) in [4.78, 5) is 15.4.